The highest BCUT2D eigenvalue weighted by Gasteiger charge is 2.17. The van der Waals surface area contributed by atoms with E-state index < -0.39 is 0 Å². The second-order valence-corrected chi connectivity index (χ2v) is 4.97. The Balaban J connectivity index is 0.00000220. The number of anilines is 1. The van der Waals surface area contributed by atoms with Crippen molar-refractivity contribution in [1.29, 1.82) is 0 Å². The first-order valence-corrected chi connectivity index (χ1v) is 7.08. The van der Waals surface area contributed by atoms with Crippen LogP contribution in [0.15, 0.2) is 24.3 Å². The maximum Gasteiger partial charge on any atom is 0.224 e. The summed E-state index contributed by atoms with van der Waals surface area (Å²) in [5.74, 6) is 1.27. The van der Waals surface area contributed by atoms with Crippen molar-refractivity contribution < 1.29 is 14.3 Å². The molecule has 0 unspecified atom stereocenters. The van der Waals surface area contributed by atoms with Gasteiger partial charge in [-0.25, -0.2) is 0 Å². The van der Waals surface area contributed by atoms with Gasteiger partial charge in [-0.05, 0) is 43.0 Å². The predicted molar refractivity (Wildman–Crippen MR) is 85.0 cm³/mol. The summed E-state index contributed by atoms with van der Waals surface area (Å²) in [7, 11) is 0. The third-order valence-electron chi connectivity index (χ3n) is 3.34. The van der Waals surface area contributed by atoms with Crippen LogP contribution in [0.2, 0.25) is 0 Å². The van der Waals surface area contributed by atoms with Crippen LogP contribution in [0.4, 0.5) is 5.69 Å². The van der Waals surface area contributed by atoms with Crippen LogP contribution in [0.25, 0.3) is 0 Å². The molecular weight excluding hydrogens is 292 g/mol. The summed E-state index contributed by atoms with van der Waals surface area (Å²) in [4.78, 5) is 11.9. The van der Waals surface area contributed by atoms with Crippen LogP contribution in [0.5, 0.6) is 5.75 Å². The monoisotopic (exact) mass is 314 g/mol. The SMILES string of the molecule is Cl.NCCOc1ccc(NC(=O)CC2CCOCC2)cc1. The molecule has 0 spiro atoms. The molecule has 1 aromatic rings. The summed E-state index contributed by atoms with van der Waals surface area (Å²) in [5, 5.41) is 2.91. The molecule has 5 nitrogen and oxygen atoms in total. The van der Waals surface area contributed by atoms with Crippen LogP contribution in [-0.2, 0) is 9.53 Å². The average molecular weight is 315 g/mol. The number of amides is 1. The van der Waals surface area contributed by atoms with E-state index in [1.807, 2.05) is 24.3 Å². The zero-order valence-electron chi connectivity index (χ0n) is 12.0. The van der Waals surface area contributed by atoms with E-state index in [1.54, 1.807) is 0 Å². The molecule has 1 aliphatic rings. The normalized spacial score (nSPS) is 15.1. The number of hydrogen-bond acceptors (Lipinski definition) is 4. The molecule has 0 atom stereocenters. The summed E-state index contributed by atoms with van der Waals surface area (Å²) in [5.41, 5.74) is 6.16. The summed E-state index contributed by atoms with van der Waals surface area (Å²) in [6.45, 7) is 2.52. The minimum atomic E-state index is 0. The number of carbonyl (C=O) groups excluding carboxylic acids is 1. The number of nitrogens with two attached hydrogens (primary N) is 1. The molecule has 2 rings (SSSR count). The lowest BCUT2D eigenvalue weighted by Crippen LogP contribution is -2.22. The Morgan fingerprint density at radius 1 is 1.29 bits per heavy atom. The van der Waals surface area contributed by atoms with Crippen LogP contribution in [0.1, 0.15) is 19.3 Å². The molecule has 1 aliphatic heterocycles. The minimum absolute atomic E-state index is 0. The van der Waals surface area contributed by atoms with E-state index in [4.69, 9.17) is 15.2 Å². The van der Waals surface area contributed by atoms with Gasteiger partial charge >= 0.3 is 0 Å². The maximum atomic E-state index is 11.9. The smallest absolute Gasteiger partial charge is 0.224 e. The quantitative estimate of drug-likeness (QED) is 0.844. The molecule has 0 aromatic heterocycles. The first kappa shape index (κ1) is 17.8. The fraction of sp³-hybridized carbons (Fsp3) is 0.533. The molecule has 118 valence electrons. The third-order valence-corrected chi connectivity index (χ3v) is 3.34. The van der Waals surface area contributed by atoms with Crippen molar-refractivity contribution in [2.24, 2.45) is 11.7 Å². The van der Waals surface area contributed by atoms with Crippen molar-refractivity contribution in [2.45, 2.75) is 19.3 Å². The molecule has 1 amide bonds. The first-order valence-electron chi connectivity index (χ1n) is 7.08. The second kappa shape index (κ2) is 9.60. The van der Waals surface area contributed by atoms with Gasteiger partial charge in [0.05, 0.1) is 0 Å². The van der Waals surface area contributed by atoms with Gasteiger partial charge in [-0.2, -0.15) is 0 Å². The van der Waals surface area contributed by atoms with Crippen LogP contribution in [-0.4, -0.2) is 32.3 Å². The highest BCUT2D eigenvalue weighted by atomic mass is 35.5. The number of halogens is 1. The van der Waals surface area contributed by atoms with Gasteiger partial charge in [0.2, 0.25) is 5.91 Å². The number of ether oxygens (including phenoxy) is 2. The fourth-order valence-electron chi connectivity index (χ4n) is 2.24. The summed E-state index contributed by atoms with van der Waals surface area (Å²) < 4.78 is 10.7. The van der Waals surface area contributed by atoms with Gasteiger partial charge in [-0.3, -0.25) is 4.79 Å². The largest absolute Gasteiger partial charge is 0.492 e. The third kappa shape index (κ3) is 6.33. The molecule has 0 aliphatic carbocycles. The maximum absolute atomic E-state index is 11.9. The number of benzene rings is 1. The molecule has 1 heterocycles. The lowest BCUT2D eigenvalue weighted by Gasteiger charge is -2.21. The summed E-state index contributed by atoms with van der Waals surface area (Å²) in [6, 6.07) is 7.35. The highest BCUT2D eigenvalue weighted by molar-refractivity contribution is 5.90. The Labute approximate surface area is 131 Å². The summed E-state index contributed by atoms with van der Waals surface area (Å²) >= 11 is 0. The minimum Gasteiger partial charge on any atom is -0.492 e. The van der Waals surface area contributed by atoms with E-state index in [9.17, 15) is 4.79 Å². The molecule has 3 N–H and O–H groups in total. The number of carbonyl (C=O) groups is 1. The Bertz CT molecular complexity index is 419. The number of nitrogens with one attached hydrogen (secondary N) is 1. The Hall–Kier alpha value is -1.30. The Kier molecular flexibility index (Phi) is 8.12. The molecule has 21 heavy (non-hydrogen) atoms. The molecule has 0 radical (unpaired) electrons. The molecule has 1 aromatic carbocycles. The van der Waals surface area contributed by atoms with Crippen LogP contribution in [0, 0.1) is 5.92 Å². The van der Waals surface area contributed by atoms with E-state index in [0.717, 1.165) is 37.5 Å². The standard InChI is InChI=1S/C15H22N2O3.ClH/c16-7-10-20-14-3-1-13(2-4-14)17-15(18)11-12-5-8-19-9-6-12;/h1-4,12H,5-11,16H2,(H,17,18);1H. The van der Waals surface area contributed by atoms with Gasteiger partial charge < -0.3 is 20.5 Å². The zero-order valence-corrected chi connectivity index (χ0v) is 12.9. The van der Waals surface area contributed by atoms with Crippen LogP contribution < -0.4 is 15.8 Å². The predicted octanol–water partition coefficient (Wildman–Crippen LogP) is 2.20. The van der Waals surface area contributed by atoms with E-state index in [2.05, 4.69) is 5.32 Å². The number of rotatable bonds is 6. The van der Waals surface area contributed by atoms with Gasteiger partial charge in [0.15, 0.2) is 0 Å². The molecular formula is C15H23ClN2O3. The first-order chi connectivity index (χ1) is 9.78. The Morgan fingerprint density at radius 2 is 1.95 bits per heavy atom. The van der Waals surface area contributed by atoms with E-state index in [-0.39, 0.29) is 18.3 Å². The molecule has 0 bridgehead atoms. The van der Waals surface area contributed by atoms with Crippen molar-refractivity contribution >= 4 is 24.0 Å². The lowest BCUT2D eigenvalue weighted by molar-refractivity contribution is -0.117. The van der Waals surface area contributed by atoms with E-state index in [0.29, 0.717) is 25.5 Å². The van der Waals surface area contributed by atoms with Crippen LogP contribution in [0.3, 0.4) is 0 Å². The van der Waals surface area contributed by atoms with Gasteiger partial charge in [-0.15, -0.1) is 12.4 Å². The van der Waals surface area contributed by atoms with Gasteiger partial charge in [0.25, 0.3) is 0 Å². The van der Waals surface area contributed by atoms with Gasteiger partial charge in [0, 0.05) is 31.9 Å². The van der Waals surface area contributed by atoms with Crippen molar-refractivity contribution in [2.75, 3.05) is 31.7 Å². The zero-order chi connectivity index (χ0) is 14.2. The van der Waals surface area contributed by atoms with E-state index in [1.165, 1.54) is 0 Å². The highest BCUT2D eigenvalue weighted by Crippen LogP contribution is 2.20. The van der Waals surface area contributed by atoms with Crippen molar-refractivity contribution in [3.8, 4) is 5.75 Å². The molecule has 0 saturated carbocycles. The molecule has 1 fully saturated rings. The van der Waals surface area contributed by atoms with Gasteiger partial charge in [-0.1, -0.05) is 0 Å². The fourth-order valence-corrected chi connectivity index (χ4v) is 2.24. The Morgan fingerprint density at radius 3 is 2.57 bits per heavy atom. The van der Waals surface area contributed by atoms with E-state index >= 15 is 0 Å². The van der Waals surface area contributed by atoms with Crippen LogP contribution >= 0.6 is 12.4 Å². The molecule has 6 heteroatoms. The molecule has 1 saturated heterocycles. The van der Waals surface area contributed by atoms with Crippen molar-refractivity contribution in [3.63, 3.8) is 0 Å². The van der Waals surface area contributed by atoms with Crippen molar-refractivity contribution in [1.82, 2.24) is 0 Å². The average Bonchev–Trinajstić information content (AvgIpc) is 2.47. The summed E-state index contributed by atoms with van der Waals surface area (Å²) in [6.07, 6.45) is 2.51. The topological polar surface area (TPSA) is 73.6 Å². The second-order valence-electron chi connectivity index (χ2n) is 4.97. The van der Waals surface area contributed by atoms with Gasteiger partial charge in [0.1, 0.15) is 12.4 Å². The lowest BCUT2D eigenvalue weighted by atomic mass is 9.96. The van der Waals surface area contributed by atoms with Crippen molar-refractivity contribution in [3.05, 3.63) is 24.3 Å². The number of hydrogen-bond donors (Lipinski definition) is 2.